The molecule has 5 nitrogen and oxygen atoms in total. The van der Waals surface area contributed by atoms with Crippen molar-refractivity contribution in [1.82, 2.24) is 9.88 Å². The van der Waals surface area contributed by atoms with Crippen molar-refractivity contribution in [2.45, 2.75) is 19.4 Å². The van der Waals surface area contributed by atoms with Crippen molar-refractivity contribution in [3.05, 3.63) is 94.1 Å². The third-order valence-corrected chi connectivity index (χ3v) is 6.34. The number of aryl methyl sites for hydroxylation is 1. The van der Waals surface area contributed by atoms with Crippen molar-refractivity contribution in [2.75, 3.05) is 19.0 Å². The van der Waals surface area contributed by atoms with E-state index in [0.29, 0.717) is 17.3 Å². The molecule has 6 heteroatoms. The molecule has 1 aromatic heterocycles. The number of hydrogen-bond acceptors (Lipinski definition) is 2. The van der Waals surface area contributed by atoms with E-state index in [1.165, 1.54) is 11.1 Å². The molecule has 0 radical (unpaired) electrons. The van der Waals surface area contributed by atoms with Crippen molar-refractivity contribution >= 4 is 34.2 Å². The number of amides is 2. The zero-order valence-corrected chi connectivity index (χ0v) is 18.7. The smallest absolute Gasteiger partial charge is 0.322 e. The summed E-state index contributed by atoms with van der Waals surface area (Å²) in [6, 6.07) is 21.2. The Kier molecular flexibility index (Phi) is 5.27. The van der Waals surface area contributed by atoms with E-state index in [1.54, 1.807) is 19.2 Å². The number of benzene rings is 3. The minimum Gasteiger partial charge on any atom is -0.497 e. The number of aromatic amines is 1. The fourth-order valence-corrected chi connectivity index (χ4v) is 4.56. The van der Waals surface area contributed by atoms with Crippen LogP contribution < -0.4 is 10.1 Å². The second-order valence-corrected chi connectivity index (χ2v) is 8.56. The average Bonchev–Trinajstić information content (AvgIpc) is 3.18. The Morgan fingerprint density at radius 3 is 2.56 bits per heavy atom. The number of carbonyl (C=O) groups excluding carboxylic acids is 1. The fraction of sp³-hybridized carbons (Fsp3) is 0.192. The lowest BCUT2D eigenvalue weighted by Gasteiger charge is -2.36. The zero-order valence-electron chi connectivity index (χ0n) is 18.0. The molecule has 2 N–H and O–H groups in total. The number of urea groups is 1. The van der Waals surface area contributed by atoms with E-state index in [-0.39, 0.29) is 12.1 Å². The van der Waals surface area contributed by atoms with Gasteiger partial charge in [0.15, 0.2) is 0 Å². The van der Waals surface area contributed by atoms with E-state index in [9.17, 15) is 4.79 Å². The number of halogens is 1. The first-order chi connectivity index (χ1) is 15.5. The van der Waals surface area contributed by atoms with Crippen LogP contribution in [-0.4, -0.2) is 29.6 Å². The fourth-order valence-electron chi connectivity index (χ4n) is 4.44. The van der Waals surface area contributed by atoms with E-state index in [0.717, 1.165) is 34.3 Å². The van der Waals surface area contributed by atoms with Crippen molar-refractivity contribution < 1.29 is 9.53 Å². The van der Waals surface area contributed by atoms with E-state index < -0.39 is 0 Å². The third kappa shape index (κ3) is 3.69. The van der Waals surface area contributed by atoms with E-state index >= 15 is 0 Å². The molecule has 32 heavy (non-hydrogen) atoms. The molecular weight excluding hydrogens is 422 g/mol. The maximum Gasteiger partial charge on any atom is 0.322 e. The minimum atomic E-state index is -0.218. The van der Waals surface area contributed by atoms with Gasteiger partial charge in [-0.1, -0.05) is 41.4 Å². The van der Waals surface area contributed by atoms with E-state index in [2.05, 4.69) is 47.6 Å². The number of carbonyl (C=O) groups is 1. The Bertz CT molecular complexity index is 1280. The van der Waals surface area contributed by atoms with E-state index in [1.807, 2.05) is 29.2 Å². The summed E-state index contributed by atoms with van der Waals surface area (Å²) in [5, 5.41) is 4.81. The van der Waals surface area contributed by atoms with Gasteiger partial charge in [0, 0.05) is 33.9 Å². The molecule has 162 valence electrons. The molecule has 0 saturated carbocycles. The topological polar surface area (TPSA) is 57.4 Å². The van der Waals surface area contributed by atoms with Gasteiger partial charge in [0.25, 0.3) is 0 Å². The normalized spacial score (nSPS) is 15.5. The molecule has 0 fully saturated rings. The highest BCUT2D eigenvalue weighted by Crippen LogP contribution is 2.39. The lowest BCUT2D eigenvalue weighted by atomic mass is 9.92. The largest absolute Gasteiger partial charge is 0.497 e. The van der Waals surface area contributed by atoms with Gasteiger partial charge in [-0.25, -0.2) is 4.79 Å². The Labute approximate surface area is 192 Å². The molecule has 0 spiro atoms. The quantitative estimate of drug-likeness (QED) is 0.387. The first kappa shape index (κ1) is 20.5. The number of nitrogens with zero attached hydrogens (tertiary/aromatic N) is 1. The van der Waals surface area contributed by atoms with Crippen LogP contribution in [0.3, 0.4) is 0 Å². The first-order valence-corrected chi connectivity index (χ1v) is 11.0. The number of aromatic nitrogens is 1. The predicted octanol–water partition coefficient (Wildman–Crippen LogP) is 6.32. The van der Waals surface area contributed by atoms with Crippen LogP contribution in [0.25, 0.3) is 10.9 Å². The number of nitrogens with one attached hydrogen (secondary N) is 2. The van der Waals surface area contributed by atoms with Crippen LogP contribution >= 0.6 is 11.6 Å². The molecule has 0 unspecified atom stereocenters. The molecule has 5 rings (SSSR count). The summed E-state index contributed by atoms with van der Waals surface area (Å²) in [5.41, 5.74) is 6.31. The van der Waals surface area contributed by atoms with Gasteiger partial charge in [0.05, 0.1) is 13.2 Å². The zero-order chi connectivity index (χ0) is 22.2. The van der Waals surface area contributed by atoms with Crippen LogP contribution in [0.2, 0.25) is 5.02 Å². The van der Waals surface area contributed by atoms with Gasteiger partial charge in [-0.2, -0.15) is 0 Å². The molecule has 2 heterocycles. The Balaban J connectivity index is 1.57. The average molecular weight is 446 g/mol. The molecule has 0 bridgehead atoms. The highest BCUT2D eigenvalue weighted by atomic mass is 35.5. The van der Waals surface area contributed by atoms with Gasteiger partial charge in [-0.3, -0.25) is 0 Å². The highest BCUT2D eigenvalue weighted by Gasteiger charge is 2.34. The Morgan fingerprint density at radius 2 is 1.84 bits per heavy atom. The number of fused-ring (bicyclic) bond motifs is 3. The minimum absolute atomic E-state index is 0.139. The molecule has 1 atom stereocenters. The van der Waals surface area contributed by atoms with Gasteiger partial charge in [0.2, 0.25) is 0 Å². The third-order valence-electron chi connectivity index (χ3n) is 6.08. The van der Waals surface area contributed by atoms with Crippen LogP contribution in [0, 0.1) is 6.92 Å². The first-order valence-electron chi connectivity index (χ1n) is 10.6. The molecule has 3 aromatic carbocycles. The summed E-state index contributed by atoms with van der Waals surface area (Å²) in [5.74, 6) is 0.828. The van der Waals surface area contributed by atoms with Crippen molar-refractivity contribution in [1.29, 1.82) is 0 Å². The summed E-state index contributed by atoms with van der Waals surface area (Å²) < 4.78 is 5.44. The van der Waals surface area contributed by atoms with Crippen molar-refractivity contribution in [2.24, 2.45) is 0 Å². The standard InChI is InChI=1S/C26H24ClN3O2/c1-16-3-5-17(6-4-16)25-24-21(22-15-20(32-2)11-12-23(22)29-24)13-14-30(25)26(31)28-19-9-7-18(27)8-10-19/h3-12,15,25,29H,13-14H2,1-2H3,(H,28,31)/t25-/m1/s1. The number of anilines is 1. The molecule has 2 amide bonds. The van der Waals surface area contributed by atoms with Crippen LogP contribution in [-0.2, 0) is 6.42 Å². The van der Waals surface area contributed by atoms with Gasteiger partial charge in [0.1, 0.15) is 5.75 Å². The van der Waals surface area contributed by atoms with Crippen molar-refractivity contribution in [3.63, 3.8) is 0 Å². The van der Waals surface area contributed by atoms with Crippen LogP contribution in [0.1, 0.15) is 28.4 Å². The molecular formula is C26H24ClN3O2. The summed E-state index contributed by atoms with van der Waals surface area (Å²) in [7, 11) is 1.68. The number of hydrogen-bond donors (Lipinski definition) is 2. The van der Waals surface area contributed by atoms with Gasteiger partial charge < -0.3 is 19.9 Å². The van der Waals surface area contributed by atoms with Gasteiger partial charge >= 0.3 is 6.03 Å². The highest BCUT2D eigenvalue weighted by molar-refractivity contribution is 6.30. The summed E-state index contributed by atoms with van der Waals surface area (Å²) >= 11 is 5.99. The number of methoxy groups -OCH3 is 1. The second-order valence-electron chi connectivity index (χ2n) is 8.12. The number of H-pyrrole nitrogens is 1. The molecule has 4 aromatic rings. The summed E-state index contributed by atoms with van der Waals surface area (Å²) in [6.45, 7) is 2.67. The molecule has 1 aliphatic heterocycles. The monoisotopic (exact) mass is 445 g/mol. The molecule has 0 aliphatic carbocycles. The van der Waals surface area contributed by atoms with Crippen LogP contribution in [0.15, 0.2) is 66.7 Å². The van der Waals surface area contributed by atoms with Gasteiger partial charge in [-0.05, 0) is 66.9 Å². The number of rotatable bonds is 3. The SMILES string of the molecule is COc1ccc2[nH]c3c(c2c1)CCN(C(=O)Nc1ccc(Cl)cc1)[C@@H]3c1ccc(C)cc1. The van der Waals surface area contributed by atoms with Gasteiger partial charge in [-0.15, -0.1) is 0 Å². The number of ether oxygens (including phenoxy) is 1. The Hall–Kier alpha value is -3.44. The van der Waals surface area contributed by atoms with Crippen LogP contribution in [0.5, 0.6) is 5.75 Å². The molecule has 0 saturated heterocycles. The van der Waals surface area contributed by atoms with E-state index in [4.69, 9.17) is 16.3 Å². The lowest BCUT2D eigenvalue weighted by Crippen LogP contribution is -2.43. The Morgan fingerprint density at radius 1 is 1.09 bits per heavy atom. The van der Waals surface area contributed by atoms with Crippen molar-refractivity contribution in [3.8, 4) is 5.75 Å². The maximum atomic E-state index is 13.4. The predicted molar refractivity (Wildman–Crippen MR) is 129 cm³/mol. The van der Waals surface area contributed by atoms with Crippen LogP contribution in [0.4, 0.5) is 10.5 Å². The summed E-state index contributed by atoms with van der Waals surface area (Å²) in [4.78, 5) is 18.9. The molecule has 1 aliphatic rings. The lowest BCUT2D eigenvalue weighted by molar-refractivity contribution is 0.193. The summed E-state index contributed by atoms with van der Waals surface area (Å²) in [6.07, 6.45) is 0.763. The second kappa shape index (κ2) is 8.24. The maximum absolute atomic E-state index is 13.4.